The molecule has 3 aromatic rings. The number of carboxylic acids is 1. The summed E-state index contributed by atoms with van der Waals surface area (Å²) in [6.45, 7) is 0. The van der Waals surface area contributed by atoms with Crippen LogP contribution >= 0.6 is 0 Å². The van der Waals surface area contributed by atoms with Crippen LogP contribution in [0, 0.1) is 21.7 Å². The summed E-state index contributed by atoms with van der Waals surface area (Å²) in [5.74, 6) is -3.26. The molecule has 0 atom stereocenters. The Morgan fingerprint density at radius 1 is 1.04 bits per heavy atom. The average Bonchev–Trinajstić information content (AvgIpc) is 2.58. The van der Waals surface area contributed by atoms with E-state index in [1.54, 1.807) is 0 Å². The number of carbonyl (C=O) groups is 1. The summed E-state index contributed by atoms with van der Waals surface area (Å²) in [5, 5.41) is 23.9. The summed E-state index contributed by atoms with van der Waals surface area (Å²) in [5.41, 5.74) is -0.421. The predicted molar refractivity (Wildman–Crippen MR) is 87.3 cm³/mol. The van der Waals surface area contributed by atoms with Crippen molar-refractivity contribution in [1.82, 2.24) is 0 Å². The van der Waals surface area contributed by atoms with Gasteiger partial charge in [0.2, 0.25) is 0 Å². The normalized spacial score (nSPS) is 11.9. The zero-order valence-corrected chi connectivity index (χ0v) is 12.7. The van der Waals surface area contributed by atoms with Gasteiger partial charge in [-0.2, -0.15) is 0 Å². The van der Waals surface area contributed by atoms with Crippen molar-refractivity contribution in [3.63, 3.8) is 0 Å². The molecule has 26 heavy (non-hydrogen) atoms. The van der Waals surface area contributed by atoms with Crippen molar-refractivity contribution in [2.45, 2.75) is 0 Å². The van der Waals surface area contributed by atoms with Crippen LogP contribution in [0.25, 0.3) is 10.8 Å². The van der Waals surface area contributed by atoms with Crippen LogP contribution in [0.2, 0.25) is 0 Å². The van der Waals surface area contributed by atoms with E-state index in [1.165, 1.54) is 12.1 Å². The predicted octanol–water partition coefficient (Wildman–Crippen LogP) is 4.57. The summed E-state index contributed by atoms with van der Waals surface area (Å²) in [6.07, 6.45) is 0. The number of nitro groups is 1. The van der Waals surface area contributed by atoms with Gasteiger partial charge in [-0.1, -0.05) is 0 Å². The molecule has 0 saturated carbocycles. The number of anilines is 2. The lowest BCUT2D eigenvalue weighted by Crippen LogP contribution is -2.10. The Hall–Kier alpha value is -3.75. The van der Waals surface area contributed by atoms with Crippen LogP contribution in [-0.4, -0.2) is 16.0 Å². The van der Waals surface area contributed by atoms with Gasteiger partial charge in [0.1, 0.15) is 0 Å². The fourth-order valence-electron chi connectivity index (χ4n) is 2.79. The van der Waals surface area contributed by atoms with E-state index < -0.39 is 28.2 Å². The van der Waals surface area contributed by atoms with Crippen LogP contribution in [0.3, 0.4) is 0 Å². The molecule has 0 radical (unpaired) electrons. The number of carboxylic acid groups (broad SMARTS) is 1. The molecule has 9 heteroatoms. The largest absolute Gasteiger partial charge is 0.478 e. The molecule has 1 aliphatic rings. The zero-order valence-electron chi connectivity index (χ0n) is 12.7. The highest BCUT2D eigenvalue weighted by Crippen LogP contribution is 2.46. The molecular formula is C17H8F2N2O5. The minimum absolute atomic E-state index is 0.0394. The number of non-ortho nitro benzene ring substituents is 1. The number of nitro benzene ring substituents is 1. The van der Waals surface area contributed by atoms with Crippen molar-refractivity contribution in [1.29, 1.82) is 0 Å². The van der Waals surface area contributed by atoms with Crippen molar-refractivity contribution in [3.05, 3.63) is 63.7 Å². The lowest BCUT2D eigenvalue weighted by Gasteiger charge is -2.23. The molecule has 7 nitrogen and oxygen atoms in total. The number of nitrogens with one attached hydrogen (secondary N) is 1. The Bertz CT molecular complexity index is 1130. The second kappa shape index (κ2) is 5.38. The third kappa shape index (κ3) is 2.37. The smallest absolute Gasteiger partial charge is 0.338 e. The van der Waals surface area contributed by atoms with Crippen LogP contribution in [-0.2, 0) is 0 Å². The summed E-state index contributed by atoms with van der Waals surface area (Å²) in [6, 6.07) is 6.92. The molecule has 0 fully saturated rings. The third-order valence-electron chi connectivity index (χ3n) is 3.99. The maximum atomic E-state index is 13.4. The maximum Gasteiger partial charge on any atom is 0.338 e. The van der Waals surface area contributed by atoms with Crippen LogP contribution < -0.4 is 10.1 Å². The zero-order chi connectivity index (χ0) is 18.6. The molecule has 0 saturated heterocycles. The van der Waals surface area contributed by atoms with Gasteiger partial charge in [0.25, 0.3) is 5.69 Å². The van der Waals surface area contributed by atoms with Gasteiger partial charge < -0.3 is 15.2 Å². The average molecular weight is 358 g/mol. The van der Waals surface area contributed by atoms with Gasteiger partial charge >= 0.3 is 5.97 Å². The number of nitrogens with zero attached hydrogens (tertiary/aromatic N) is 1. The number of aromatic carboxylic acids is 1. The van der Waals surface area contributed by atoms with E-state index in [4.69, 9.17) is 4.74 Å². The highest BCUT2D eigenvalue weighted by Gasteiger charge is 2.27. The molecule has 0 bridgehead atoms. The first kappa shape index (κ1) is 15.8. The molecule has 2 N–H and O–H groups in total. The number of hydrogen-bond donors (Lipinski definition) is 2. The SMILES string of the molecule is O=C(O)c1cc([N+](=O)[O-])cc2c1Nc1cc3cc(F)c(F)cc3cc1O2. The summed E-state index contributed by atoms with van der Waals surface area (Å²) < 4.78 is 32.5. The van der Waals surface area contributed by atoms with Gasteiger partial charge in [-0.15, -0.1) is 0 Å². The first-order valence-corrected chi connectivity index (χ1v) is 7.27. The molecule has 0 amide bonds. The number of halogens is 2. The first-order valence-electron chi connectivity index (χ1n) is 7.27. The number of hydrogen-bond acceptors (Lipinski definition) is 5. The molecule has 0 aliphatic carbocycles. The van der Waals surface area contributed by atoms with Crippen molar-refractivity contribution in [2.75, 3.05) is 5.32 Å². The molecule has 0 spiro atoms. The first-order chi connectivity index (χ1) is 12.3. The van der Waals surface area contributed by atoms with Gasteiger partial charge in [0.15, 0.2) is 23.1 Å². The van der Waals surface area contributed by atoms with Crippen molar-refractivity contribution >= 4 is 33.8 Å². The lowest BCUT2D eigenvalue weighted by atomic mass is 10.1. The summed E-state index contributed by atoms with van der Waals surface area (Å²) in [4.78, 5) is 21.7. The van der Waals surface area contributed by atoms with Crippen LogP contribution in [0.15, 0.2) is 36.4 Å². The Morgan fingerprint density at radius 3 is 2.31 bits per heavy atom. The van der Waals surface area contributed by atoms with Gasteiger partial charge in [-0.25, -0.2) is 13.6 Å². The number of ether oxygens (including phenoxy) is 1. The fourth-order valence-corrected chi connectivity index (χ4v) is 2.79. The molecule has 4 rings (SSSR count). The number of rotatable bonds is 2. The second-order valence-electron chi connectivity index (χ2n) is 5.62. The molecule has 1 heterocycles. The summed E-state index contributed by atoms with van der Waals surface area (Å²) in [7, 11) is 0. The Labute approximate surface area is 143 Å². The van der Waals surface area contributed by atoms with Crippen molar-refractivity contribution in [2.24, 2.45) is 0 Å². The monoisotopic (exact) mass is 358 g/mol. The Morgan fingerprint density at radius 2 is 1.69 bits per heavy atom. The highest BCUT2D eigenvalue weighted by atomic mass is 19.2. The van der Waals surface area contributed by atoms with E-state index >= 15 is 0 Å². The van der Waals surface area contributed by atoms with Crippen LogP contribution in [0.1, 0.15) is 10.4 Å². The Kier molecular flexibility index (Phi) is 3.26. The van der Waals surface area contributed by atoms with Gasteiger partial charge in [0.05, 0.1) is 27.9 Å². The van der Waals surface area contributed by atoms with E-state index in [1.807, 2.05) is 0 Å². The second-order valence-corrected chi connectivity index (χ2v) is 5.62. The summed E-state index contributed by atoms with van der Waals surface area (Å²) >= 11 is 0. The highest BCUT2D eigenvalue weighted by molar-refractivity contribution is 6.00. The topological polar surface area (TPSA) is 102 Å². The molecule has 1 aliphatic heterocycles. The van der Waals surface area contributed by atoms with Gasteiger partial charge in [-0.3, -0.25) is 10.1 Å². The Balaban J connectivity index is 1.90. The standard InChI is InChI=1S/C17H8F2N2O5/c18-11-1-7-3-13-14(4-8(7)2-12(11)19)26-15-6-9(21(24)25)5-10(17(22)23)16(15)20-13/h1-6,20H,(H,22,23). The van der Waals surface area contributed by atoms with E-state index in [0.717, 1.165) is 24.3 Å². The van der Waals surface area contributed by atoms with Gasteiger partial charge in [-0.05, 0) is 35.0 Å². The van der Waals surface area contributed by atoms with E-state index in [2.05, 4.69) is 5.32 Å². The molecule has 3 aromatic carbocycles. The minimum Gasteiger partial charge on any atom is -0.478 e. The molecular weight excluding hydrogens is 350 g/mol. The molecule has 0 unspecified atom stereocenters. The van der Waals surface area contributed by atoms with Crippen molar-refractivity contribution < 1.29 is 28.3 Å². The molecule has 0 aromatic heterocycles. The van der Waals surface area contributed by atoms with Gasteiger partial charge in [0, 0.05) is 6.07 Å². The third-order valence-corrected chi connectivity index (χ3v) is 3.99. The quantitative estimate of drug-likeness (QED) is 0.402. The van der Waals surface area contributed by atoms with Crippen LogP contribution in [0.4, 0.5) is 25.8 Å². The van der Waals surface area contributed by atoms with E-state index in [0.29, 0.717) is 16.5 Å². The van der Waals surface area contributed by atoms with E-state index in [-0.39, 0.29) is 22.7 Å². The van der Waals surface area contributed by atoms with Crippen molar-refractivity contribution in [3.8, 4) is 11.5 Å². The lowest BCUT2D eigenvalue weighted by molar-refractivity contribution is -0.384. The van der Waals surface area contributed by atoms with Crippen LogP contribution in [0.5, 0.6) is 11.5 Å². The van der Waals surface area contributed by atoms with E-state index in [9.17, 15) is 28.8 Å². The number of fused-ring (bicyclic) bond motifs is 3. The fraction of sp³-hybridized carbons (Fsp3) is 0. The minimum atomic E-state index is -1.38. The molecule has 130 valence electrons. The number of benzene rings is 3. The maximum absolute atomic E-state index is 13.4.